The fourth-order valence-corrected chi connectivity index (χ4v) is 1.54. The molecule has 1 aliphatic rings. The Hall–Kier alpha value is -2.37. The molecule has 2 N–H and O–H groups in total. The van der Waals surface area contributed by atoms with Crippen LogP contribution in [-0.4, -0.2) is 28.6 Å². The van der Waals surface area contributed by atoms with Crippen LogP contribution in [0.4, 0.5) is 5.82 Å². The average Bonchev–Trinajstić information content (AvgIpc) is 2.46. The highest BCUT2D eigenvalue weighted by Crippen LogP contribution is 2.32. The Bertz CT molecular complexity index is 578. The first-order valence-corrected chi connectivity index (χ1v) is 5.68. The third kappa shape index (κ3) is 2.42. The topological polar surface area (TPSA) is 88.5 Å². The van der Waals surface area contributed by atoms with E-state index in [9.17, 15) is 9.59 Å². The van der Waals surface area contributed by atoms with Gasteiger partial charge in [-0.1, -0.05) is 6.58 Å². The van der Waals surface area contributed by atoms with Crippen LogP contribution < -0.4 is 10.1 Å². The average molecular weight is 262 g/mol. The number of fused-ring (bicyclic) bond motifs is 1. The number of aliphatic carboxylic acids is 1. The van der Waals surface area contributed by atoms with Crippen molar-refractivity contribution in [2.24, 2.45) is 5.41 Å². The molecule has 1 amide bonds. The molecule has 1 aromatic rings. The molecular weight excluding hydrogens is 248 g/mol. The maximum Gasteiger partial charge on any atom is 0.335 e. The molecule has 0 bridgehead atoms. The second-order valence-electron chi connectivity index (χ2n) is 4.98. The van der Waals surface area contributed by atoms with Gasteiger partial charge in [0.1, 0.15) is 6.61 Å². The number of hydrogen-bond acceptors (Lipinski definition) is 4. The summed E-state index contributed by atoms with van der Waals surface area (Å²) in [6, 6.07) is 1.51. The first-order chi connectivity index (χ1) is 8.81. The number of pyridine rings is 1. The van der Waals surface area contributed by atoms with Crippen molar-refractivity contribution in [3.05, 3.63) is 24.4 Å². The summed E-state index contributed by atoms with van der Waals surface area (Å²) >= 11 is 0. The van der Waals surface area contributed by atoms with Gasteiger partial charge in [-0.25, -0.2) is 9.78 Å². The number of carboxylic acids is 1. The Balaban J connectivity index is 2.38. The zero-order valence-corrected chi connectivity index (χ0v) is 10.7. The molecule has 0 aromatic carbocycles. The van der Waals surface area contributed by atoms with E-state index >= 15 is 0 Å². The lowest BCUT2D eigenvalue weighted by atomic mass is 9.94. The molecule has 19 heavy (non-hydrogen) atoms. The molecule has 100 valence electrons. The fourth-order valence-electron chi connectivity index (χ4n) is 1.54. The Labute approximate surface area is 110 Å². The monoisotopic (exact) mass is 262 g/mol. The van der Waals surface area contributed by atoms with Gasteiger partial charge in [0, 0.05) is 11.8 Å². The van der Waals surface area contributed by atoms with Gasteiger partial charge >= 0.3 is 5.97 Å². The Morgan fingerprint density at radius 1 is 1.58 bits per heavy atom. The van der Waals surface area contributed by atoms with Crippen molar-refractivity contribution >= 4 is 23.3 Å². The van der Waals surface area contributed by atoms with E-state index in [2.05, 4.69) is 16.9 Å². The summed E-state index contributed by atoms with van der Waals surface area (Å²) < 4.78 is 5.52. The molecule has 0 radical (unpaired) electrons. The fraction of sp³-hybridized carbons (Fsp3) is 0.308. The number of nitrogens with one attached hydrogen (secondary N) is 1. The molecule has 0 saturated heterocycles. The van der Waals surface area contributed by atoms with Crippen molar-refractivity contribution in [2.45, 2.75) is 13.8 Å². The van der Waals surface area contributed by atoms with Crippen molar-refractivity contribution < 1.29 is 19.4 Å². The Kier molecular flexibility index (Phi) is 3.01. The maximum absolute atomic E-state index is 11.9. The summed E-state index contributed by atoms with van der Waals surface area (Å²) in [5.41, 5.74) is -0.404. The molecule has 0 unspecified atom stereocenters. The van der Waals surface area contributed by atoms with Gasteiger partial charge in [-0.3, -0.25) is 4.79 Å². The van der Waals surface area contributed by atoms with Crippen LogP contribution in [0, 0.1) is 5.41 Å². The van der Waals surface area contributed by atoms with Crippen LogP contribution in [0.5, 0.6) is 5.75 Å². The first-order valence-electron chi connectivity index (χ1n) is 5.68. The largest absolute Gasteiger partial charge is 0.489 e. The molecule has 1 aromatic heterocycles. The van der Waals surface area contributed by atoms with Gasteiger partial charge in [-0.2, -0.15) is 0 Å². The van der Waals surface area contributed by atoms with Crippen molar-refractivity contribution in [1.82, 2.24) is 4.98 Å². The molecule has 1 aliphatic heterocycles. The van der Waals surface area contributed by atoms with E-state index in [1.807, 2.05) is 0 Å². The van der Waals surface area contributed by atoms with Gasteiger partial charge in [0.05, 0.1) is 11.0 Å². The van der Waals surface area contributed by atoms with Crippen molar-refractivity contribution in [3.8, 4) is 5.75 Å². The predicted molar refractivity (Wildman–Crippen MR) is 68.8 cm³/mol. The number of carbonyl (C=O) groups is 2. The number of anilines is 1. The summed E-state index contributed by atoms with van der Waals surface area (Å²) in [5, 5.41) is 11.5. The van der Waals surface area contributed by atoms with Gasteiger partial charge in [-0.05, 0) is 19.9 Å². The zero-order chi connectivity index (χ0) is 14.2. The van der Waals surface area contributed by atoms with Crippen LogP contribution in [0.15, 0.2) is 18.8 Å². The van der Waals surface area contributed by atoms with Crippen LogP contribution in [0.3, 0.4) is 0 Å². The molecule has 2 heterocycles. The summed E-state index contributed by atoms with van der Waals surface area (Å²) in [6.45, 7) is 7.16. The van der Waals surface area contributed by atoms with E-state index in [-0.39, 0.29) is 23.9 Å². The molecule has 0 fully saturated rings. The maximum atomic E-state index is 11.9. The minimum absolute atomic E-state index is 0.0752. The lowest BCUT2D eigenvalue weighted by molar-refractivity contribution is -0.130. The standard InChI is InChI=1S/C13H14N2O4/c1-7(11(16)17)8-4-9-10(14-5-8)15-12(18)13(2,3)6-19-9/h4-5H,1,6H2,2-3H3,(H,16,17)(H,14,15,18). The van der Waals surface area contributed by atoms with Crippen LogP contribution >= 0.6 is 0 Å². The number of carbonyl (C=O) groups excluding carboxylic acids is 1. The van der Waals surface area contributed by atoms with E-state index in [4.69, 9.17) is 9.84 Å². The van der Waals surface area contributed by atoms with Gasteiger partial charge in [0.15, 0.2) is 11.6 Å². The van der Waals surface area contributed by atoms with E-state index in [0.29, 0.717) is 11.3 Å². The summed E-state index contributed by atoms with van der Waals surface area (Å²) in [4.78, 5) is 26.8. The minimum Gasteiger partial charge on any atom is -0.489 e. The zero-order valence-electron chi connectivity index (χ0n) is 10.7. The third-order valence-corrected chi connectivity index (χ3v) is 2.89. The SMILES string of the molecule is C=C(C(=O)O)c1cnc2c(c1)OCC(C)(C)C(=O)N2. The Morgan fingerprint density at radius 3 is 2.89 bits per heavy atom. The van der Waals surface area contributed by atoms with Gasteiger partial charge in [-0.15, -0.1) is 0 Å². The highest BCUT2D eigenvalue weighted by Gasteiger charge is 2.33. The quantitative estimate of drug-likeness (QED) is 0.789. The number of carboxylic acid groups (broad SMARTS) is 1. The highest BCUT2D eigenvalue weighted by molar-refractivity contribution is 6.14. The lowest BCUT2D eigenvalue weighted by Crippen LogP contribution is -2.33. The normalized spacial score (nSPS) is 16.6. The molecular formula is C13H14N2O4. The molecule has 0 atom stereocenters. The van der Waals surface area contributed by atoms with Gasteiger partial charge in [0.25, 0.3) is 0 Å². The van der Waals surface area contributed by atoms with E-state index in [1.165, 1.54) is 12.3 Å². The van der Waals surface area contributed by atoms with E-state index in [0.717, 1.165) is 0 Å². The molecule has 2 rings (SSSR count). The molecule has 6 nitrogen and oxygen atoms in total. The van der Waals surface area contributed by atoms with Crippen LogP contribution in [0.2, 0.25) is 0 Å². The van der Waals surface area contributed by atoms with E-state index in [1.54, 1.807) is 13.8 Å². The number of nitrogens with zero attached hydrogens (tertiary/aromatic N) is 1. The summed E-state index contributed by atoms with van der Waals surface area (Å²) in [6.07, 6.45) is 1.34. The van der Waals surface area contributed by atoms with E-state index < -0.39 is 11.4 Å². The number of rotatable bonds is 2. The van der Waals surface area contributed by atoms with Crippen molar-refractivity contribution in [1.29, 1.82) is 0 Å². The molecule has 0 spiro atoms. The van der Waals surface area contributed by atoms with Crippen LogP contribution in [-0.2, 0) is 9.59 Å². The number of hydrogen-bond donors (Lipinski definition) is 2. The smallest absolute Gasteiger partial charge is 0.335 e. The Morgan fingerprint density at radius 2 is 2.26 bits per heavy atom. The predicted octanol–water partition coefficient (Wildman–Crippen LogP) is 1.54. The molecule has 6 heteroatoms. The second kappa shape index (κ2) is 4.38. The number of aromatic nitrogens is 1. The summed E-state index contributed by atoms with van der Waals surface area (Å²) in [7, 11) is 0. The highest BCUT2D eigenvalue weighted by atomic mass is 16.5. The second-order valence-corrected chi connectivity index (χ2v) is 4.98. The molecule has 0 aliphatic carbocycles. The number of ether oxygens (including phenoxy) is 1. The number of amides is 1. The molecule has 0 saturated carbocycles. The van der Waals surface area contributed by atoms with Gasteiger partial charge < -0.3 is 15.2 Å². The van der Waals surface area contributed by atoms with Gasteiger partial charge in [0.2, 0.25) is 5.91 Å². The lowest BCUT2D eigenvalue weighted by Gasteiger charge is -2.18. The first kappa shape index (κ1) is 13.1. The minimum atomic E-state index is -1.13. The third-order valence-electron chi connectivity index (χ3n) is 2.89. The summed E-state index contributed by atoms with van der Waals surface area (Å²) in [5.74, 6) is -0.681. The van der Waals surface area contributed by atoms with Crippen molar-refractivity contribution in [3.63, 3.8) is 0 Å². The van der Waals surface area contributed by atoms with Crippen LogP contribution in [0.25, 0.3) is 5.57 Å². The van der Waals surface area contributed by atoms with Crippen molar-refractivity contribution in [2.75, 3.05) is 11.9 Å². The van der Waals surface area contributed by atoms with Crippen LogP contribution in [0.1, 0.15) is 19.4 Å².